The summed E-state index contributed by atoms with van der Waals surface area (Å²) < 4.78 is 0. The number of hydrogen-bond donors (Lipinski definition) is 1. The predicted octanol–water partition coefficient (Wildman–Crippen LogP) is -8.42. The number of rotatable bonds is 13. The van der Waals surface area contributed by atoms with E-state index in [1.165, 1.54) is 0 Å². The number of carbonyl (C=O) groups excluding carboxylic acids is 4. The molecule has 11 nitrogen and oxygen atoms in total. The van der Waals surface area contributed by atoms with Crippen molar-refractivity contribution in [3.05, 3.63) is 0 Å². The van der Waals surface area contributed by atoms with E-state index >= 15 is 0 Å². The summed E-state index contributed by atoms with van der Waals surface area (Å²) in [6.45, 7) is -4.03. The Labute approximate surface area is 175 Å². The maximum absolute atomic E-state index is 10.7. The first-order chi connectivity index (χ1) is 10.6. The van der Waals surface area contributed by atoms with E-state index in [1.807, 2.05) is 0 Å². The van der Waals surface area contributed by atoms with Crippen molar-refractivity contribution in [2.45, 2.75) is 12.5 Å². The van der Waals surface area contributed by atoms with Crippen LogP contribution in [0.2, 0.25) is 0 Å². The van der Waals surface area contributed by atoms with Gasteiger partial charge in [-0.15, -0.1) is 0 Å². The monoisotopic (exact) mass is 380 g/mol. The maximum atomic E-state index is 10.7. The van der Waals surface area contributed by atoms with Gasteiger partial charge in [0, 0.05) is 45.4 Å². The van der Waals surface area contributed by atoms with Crippen molar-refractivity contribution >= 4 is 70.0 Å². The van der Waals surface area contributed by atoms with E-state index in [0.29, 0.717) is 0 Å². The molecule has 1 N–H and O–H groups in total. The van der Waals surface area contributed by atoms with Crippen molar-refractivity contribution in [2.24, 2.45) is 0 Å². The van der Waals surface area contributed by atoms with E-state index in [0.717, 1.165) is 9.80 Å². The van der Waals surface area contributed by atoms with E-state index in [1.54, 1.807) is 0 Å². The van der Waals surface area contributed by atoms with Crippen LogP contribution in [0.1, 0.15) is 6.42 Å². The standard InChI is InChI=1S/C12H20N2O9.2Mg/c15-2-1-8(14(6-11(20)21)7-12(22)23)3-13(4-9(16)17)5-10(18)19;;/h8,15H,1-7H2,(H,16,17)(H,18,19)(H,20,21)(H,22,23);;/q;2*+2/p-4. The molecule has 0 aromatic carbocycles. The van der Waals surface area contributed by atoms with Gasteiger partial charge in [-0.3, -0.25) is 9.80 Å². The first kappa shape index (κ1) is 29.1. The number of aliphatic carboxylic acids is 4. The molecule has 0 aliphatic heterocycles. The van der Waals surface area contributed by atoms with Gasteiger partial charge >= 0.3 is 46.1 Å². The van der Waals surface area contributed by atoms with Crippen LogP contribution in [0, 0.1) is 0 Å². The Kier molecular flexibility index (Phi) is 18.1. The minimum Gasteiger partial charge on any atom is -0.549 e. The first-order valence-corrected chi connectivity index (χ1v) is 6.52. The SMILES string of the molecule is O=C([O-])CN(CC(=O)[O-])CC(CCO)N(CC(=O)[O-])CC(=O)[O-].[Mg+2].[Mg+2]. The molecule has 13 heteroatoms. The number of aliphatic hydroxyl groups excluding tert-OH is 1. The first-order valence-electron chi connectivity index (χ1n) is 6.52. The van der Waals surface area contributed by atoms with Crippen molar-refractivity contribution in [1.82, 2.24) is 9.80 Å². The van der Waals surface area contributed by atoms with Crippen molar-refractivity contribution in [3.8, 4) is 0 Å². The molecule has 0 heterocycles. The molecule has 0 saturated carbocycles. The Balaban J connectivity index is -0.00000242. The van der Waals surface area contributed by atoms with Gasteiger partial charge in [-0.1, -0.05) is 0 Å². The van der Waals surface area contributed by atoms with Crippen LogP contribution in [0.15, 0.2) is 0 Å². The molecule has 0 saturated heterocycles. The quantitative estimate of drug-likeness (QED) is 0.299. The number of carboxylic acids is 4. The Bertz CT molecular complexity index is 418. The maximum Gasteiger partial charge on any atom is 2.00 e. The minimum atomic E-state index is -1.60. The normalized spacial score (nSPS) is 11.3. The van der Waals surface area contributed by atoms with Gasteiger partial charge in [-0.25, -0.2) is 0 Å². The molecule has 0 radical (unpaired) electrons. The zero-order chi connectivity index (χ0) is 18.0. The van der Waals surface area contributed by atoms with Gasteiger partial charge in [-0.2, -0.15) is 0 Å². The summed E-state index contributed by atoms with van der Waals surface area (Å²) in [5.74, 6) is -6.36. The van der Waals surface area contributed by atoms with Crippen molar-refractivity contribution in [2.75, 3.05) is 39.3 Å². The summed E-state index contributed by atoms with van der Waals surface area (Å²) in [5, 5.41) is 51.6. The van der Waals surface area contributed by atoms with Gasteiger partial charge in [0.2, 0.25) is 0 Å². The van der Waals surface area contributed by atoms with Crippen molar-refractivity contribution in [1.29, 1.82) is 0 Å². The number of hydrogen-bond acceptors (Lipinski definition) is 11. The molecule has 1 unspecified atom stereocenters. The molecule has 0 fully saturated rings. The Morgan fingerprint density at radius 1 is 0.760 bits per heavy atom. The topological polar surface area (TPSA) is 187 Å². The predicted molar refractivity (Wildman–Crippen MR) is 75.0 cm³/mol. The molecule has 0 aromatic rings. The van der Waals surface area contributed by atoms with Gasteiger partial charge in [0.15, 0.2) is 0 Å². The van der Waals surface area contributed by atoms with E-state index in [-0.39, 0.29) is 59.1 Å². The van der Waals surface area contributed by atoms with E-state index in [2.05, 4.69) is 0 Å². The van der Waals surface area contributed by atoms with Crippen LogP contribution >= 0.6 is 0 Å². The second-order valence-corrected chi connectivity index (χ2v) is 4.73. The summed E-state index contributed by atoms with van der Waals surface area (Å²) in [6.07, 6.45) is -0.128. The molecule has 0 aliphatic carbocycles. The molecular formula is C12H16Mg2N2O9. The number of aliphatic hydroxyl groups is 1. The summed E-state index contributed by atoms with van der Waals surface area (Å²) in [4.78, 5) is 44.4. The minimum absolute atomic E-state index is 0. The van der Waals surface area contributed by atoms with E-state index in [4.69, 9.17) is 5.11 Å². The molecule has 0 rings (SSSR count). The van der Waals surface area contributed by atoms with Gasteiger partial charge < -0.3 is 44.7 Å². The van der Waals surface area contributed by atoms with Gasteiger partial charge in [0.05, 0.1) is 23.9 Å². The van der Waals surface area contributed by atoms with Gasteiger partial charge in [0.1, 0.15) is 0 Å². The number of carboxylic acid groups (broad SMARTS) is 4. The Morgan fingerprint density at radius 3 is 1.40 bits per heavy atom. The Hall–Kier alpha value is -0.708. The largest absolute Gasteiger partial charge is 2.00 e. The van der Waals surface area contributed by atoms with Crippen LogP contribution in [0.5, 0.6) is 0 Å². The van der Waals surface area contributed by atoms with Crippen molar-refractivity contribution in [3.63, 3.8) is 0 Å². The third kappa shape index (κ3) is 15.3. The van der Waals surface area contributed by atoms with Crippen LogP contribution in [0.4, 0.5) is 0 Å². The fourth-order valence-electron chi connectivity index (χ4n) is 2.03. The third-order valence-electron chi connectivity index (χ3n) is 2.82. The summed E-state index contributed by atoms with van der Waals surface area (Å²) in [5.41, 5.74) is 0. The van der Waals surface area contributed by atoms with Gasteiger partial charge in [0.25, 0.3) is 0 Å². The molecule has 0 aliphatic rings. The van der Waals surface area contributed by atoms with Crippen LogP contribution < -0.4 is 20.4 Å². The summed E-state index contributed by atoms with van der Waals surface area (Å²) in [7, 11) is 0. The van der Waals surface area contributed by atoms with Crippen molar-refractivity contribution < 1.29 is 44.7 Å². The fourth-order valence-corrected chi connectivity index (χ4v) is 2.03. The molecule has 132 valence electrons. The molecule has 0 bridgehead atoms. The molecule has 0 aromatic heterocycles. The molecule has 0 amide bonds. The summed E-state index contributed by atoms with van der Waals surface area (Å²) in [6, 6.07) is -0.963. The van der Waals surface area contributed by atoms with E-state index in [9.17, 15) is 39.6 Å². The number of carbonyl (C=O) groups is 4. The average molecular weight is 381 g/mol. The van der Waals surface area contributed by atoms with E-state index < -0.39 is 62.7 Å². The zero-order valence-corrected chi connectivity index (χ0v) is 16.4. The van der Waals surface area contributed by atoms with Crippen LogP contribution in [0.25, 0.3) is 0 Å². The van der Waals surface area contributed by atoms with Crippen LogP contribution in [-0.2, 0) is 19.2 Å². The Morgan fingerprint density at radius 2 is 1.12 bits per heavy atom. The van der Waals surface area contributed by atoms with Gasteiger partial charge in [-0.05, 0) is 6.42 Å². The third-order valence-corrected chi connectivity index (χ3v) is 2.82. The molecule has 1 atom stereocenters. The summed E-state index contributed by atoms with van der Waals surface area (Å²) >= 11 is 0. The number of nitrogens with zero attached hydrogens (tertiary/aromatic N) is 2. The molecular weight excluding hydrogens is 365 g/mol. The van der Waals surface area contributed by atoms with Crippen LogP contribution in [0.3, 0.4) is 0 Å². The second kappa shape index (κ2) is 15.5. The average Bonchev–Trinajstić information content (AvgIpc) is 2.34. The zero-order valence-electron chi connectivity index (χ0n) is 13.5. The fraction of sp³-hybridized carbons (Fsp3) is 0.667. The van der Waals surface area contributed by atoms with Crippen LogP contribution in [-0.4, -0.2) is 130 Å². The molecule has 25 heavy (non-hydrogen) atoms. The smallest absolute Gasteiger partial charge is 0.549 e. The molecule has 0 spiro atoms. The second-order valence-electron chi connectivity index (χ2n) is 4.73.